The van der Waals surface area contributed by atoms with E-state index < -0.39 is 30.3 Å². The summed E-state index contributed by atoms with van der Waals surface area (Å²) in [5, 5.41) is 18.5. The average molecular weight is 246 g/mol. The highest BCUT2D eigenvalue weighted by Crippen LogP contribution is 2.44. The van der Waals surface area contributed by atoms with Crippen LogP contribution in [0.4, 0.5) is 8.78 Å². The number of hydrogen-bond donors (Lipinski definition) is 2. The van der Waals surface area contributed by atoms with E-state index >= 15 is 0 Å². The maximum Gasteiger partial charge on any atom is 0.371 e. The first-order chi connectivity index (χ1) is 7.89. The lowest BCUT2D eigenvalue weighted by Gasteiger charge is -2.15. The number of aliphatic hydroxyl groups excluding tert-OH is 1. The van der Waals surface area contributed by atoms with E-state index in [2.05, 4.69) is 0 Å². The molecule has 1 heterocycles. The maximum atomic E-state index is 13.0. The van der Waals surface area contributed by atoms with Gasteiger partial charge in [0.25, 0.3) is 0 Å². The minimum Gasteiger partial charge on any atom is -0.475 e. The van der Waals surface area contributed by atoms with E-state index in [1.807, 2.05) is 0 Å². The molecule has 0 saturated heterocycles. The van der Waals surface area contributed by atoms with Crippen molar-refractivity contribution in [2.75, 3.05) is 0 Å². The molecule has 2 atom stereocenters. The third-order valence-corrected chi connectivity index (χ3v) is 3.02. The van der Waals surface area contributed by atoms with Crippen molar-refractivity contribution in [3.05, 3.63) is 23.7 Å². The fourth-order valence-corrected chi connectivity index (χ4v) is 2.11. The van der Waals surface area contributed by atoms with Crippen molar-refractivity contribution in [2.45, 2.75) is 31.3 Å². The van der Waals surface area contributed by atoms with Crippen LogP contribution in [0.15, 0.2) is 16.5 Å². The van der Waals surface area contributed by atoms with Gasteiger partial charge in [-0.15, -0.1) is 0 Å². The Bertz CT molecular complexity index is 427. The number of halogens is 2. The van der Waals surface area contributed by atoms with Crippen LogP contribution in [0.3, 0.4) is 0 Å². The minimum atomic E-state index is -2.74. The third kappa shape index (κ3) is 2.46. The average Bonchev–Trinajstić information content (AvgIpc) is 2.83. The highest BCUT2D eigenvalue weighted by Gasteiger charge is 2.43. The predicted molar refractivity (Wildman–Crippen MR) is 52.9 cm³/mol. The van der Waals surface area contributed by atoms with Crippen molar-refractivity contribution in [3.63, 3.8) is 0 Å². The van der Waals surface area contributed by atoms with Gasteiger partial charge in [-0.05, 0) is 24.5 Å². The number of alkyl halides is 2. The molecule has 6 heteroatoms. The van der Waals surface area contributed by atoms with Crippen LogP contribution < -0.4 is 0 Å². The Morgan fingerprint density at radius 2 is 2.24 bits per heavy atom. The summed E-state index contributed by atoms with van der Waals surface area (Å²) in [5.41, 5.74) is 0. The zero-order valence-electron chi connectivity index (χ0n) is 8.90. The van der Waals surface area contributed by atoms with Crippen molar-refractivity contribution >= 4 is 5.97 Å². The van der Waals surface area contributed by atoms with Crippen LogP contribution in [-0.2, 0) is 0 Å². The van der Waals surface area contributed by atoms with E-state index in [9.17, 15) is 18.7 Å². The number of aromatic carboxylic acids is 1. The molecule has 1 fully saturated rings. The van der Waals surface area contributed by atoms with Crippen LogP contribution in [-0.4, -0.2) is 22.1 Å². The molecular formula is C11H12F2O4. The number of carboxylic acids is 1. The first kappa shape index (κ1) is 12.0. The Hall–Kier alpha value is -1.43. The smallest absolute Gasteiger partial charge is 0.371 e. The summed E-state index contributed by atoms with van der Waals surface area (Å²) in [5.74, 6) is -4.85. The van der Waals surface area contributed by atoms with E-state index in [1.165, 1.54) is 12.1 Å². The Morgan fingerprint density at radius 1 is 1.53 bits per heavy atom. The van der Waals surface area contributed by atoms with E-state index in [4.69, 9.17) is 9.52 Å². The van der Waals surface area contributed by atoms with E-state index in [-0.39, 0.29) is 24.4 Å². The second kappa shape index (κ2) is 4.10. The highest BCUT2D eigenvalue weighted by molar-refractivity contribution is 5.84. The zero-order valence-corrected chi connectivity index (χ0v) is 8.90. The van der Waals surface area contributed by atoms with Gasteiger partial charge in [0.1, 0.15) is 11.9 Å². The lowest BCUT2D eigenvalue weighted by molar-refractivity contribution is -0.00751. The van der Waals surface area contributed by atoms with E-state index in [1.54, 1.807) is 0 Å². The molecule has 0 spiro atoms. The fraction of sp³-hybridized carbons (Fsp3) is 0.545. The summed E-state index contributed by atoms with van der Waals surface area (Å²) in [7, 11) is 0. The van der Waals surface area contributed by atoms with Gasteiger partial charge in [0, 0.05) is 12.8 Å². The van der Waals surface area contributed by atoms with Gasteiger partial charge in [0.15, 0.2) is 0 Å². The van der Waals surface area contributed by atoms with E-state index in [0.29, 0.717) is 0 Å². The number of carbonyl (C=O) groups is 1. The molecule has 2 N–H and O–H groups in total. The van der Waals surface area contributed by atoms with Crippen LogP contribution in [0.2, 0.25) is 0 Å². The van der Waals surface area contributed by atoms with Gasteiger partial charge in [-0.25, -0.2) is 13.6 Å². The van der Waals surface area contributed by atoms with Crippen LogP contribution in [0, 0.1) is 5.92 Å². The molecule has 4 nitrogen and oxygen atoms in total. The Kier molecular flexibility index (Phi) is 2.91. The number of rotatable bonds is 3. The van der Waals surface area contributed by atoms with Crippen molar-refractivity contribution in [3.8, 4) is 0 Å². The summed E-state index contributed by atoms with van der Waals surface area (Å²) in [6.07, 6.45) is -1.60. The second-order valence-electron chi connectivity index (χ2n) is 4.31. The molecule has 0 aromatic carbocycles. The second-order valence-corrected chi connectivity index (χ2v) is 4.31. The molecule has 1 aliphatic rings. The summed E-state index contributed by atoms with van der Waals surface area (Å²) >= 11 is 0. The van der Waals surface area contributed by atoms with Crippen molar-refractivity contribution in [2.24, 2.45) is 5.92 Å². The number of carboxylic acid groups (broad SMARTS) is 1. The molecule has 17 heavy (non-hydrogen) atoms. The minimum absolute atomic E-state index is 0.0325. The van der Waals surface area contributed by atoms with Crippen molar-refractivity contribution < 1.29 is 28.2 Å². The summed E-state index contributed by atoms with van der Waals surface area (Å²) in [6.45, 7) is 0. The normalized spacial score (nSPS) is 24.8. The first-order valence-electron chi connectivity index (χ1n) is 5.28. The summed E-state index contributed by atoms with van der Waals surface area (Å²) in [6, 6.07) is 2.51. The van der Waals surface area contributed by atoms with Crippen LogP contribution in [0.5, 0.6) is 0 Å². The van der Waals surface area contributed by atoms with Gasteiger partial charge < -0.3 is 14.6 Å². The molecule has 0 radical (unpaired) electrons. The van der Waals surface area contributed by atoms with Crippen LogP contribution >= 0.6 is 0 Å². The molecular weight excluding hydrogens is 234 g/mol. The molecule has 1 aromatic heterocycles. The lowest BCUT2D eigenvalue weighted by atomic mass is 9.99. The quantitative estimate of drug-likeness (QED) is 0.859. The Balaban J connectivity index is 2.09. The molecule has 0 aliphatic heterocycles. The van der Waals surface area contributed by atoms with Crippen molar-refractivity contribution in [1.82, 2.24) is 0 Å². The van der Waals surface area contributed by atoms with Gasteiger partial charge in [-0.2, -0.15) is 0 Å². The van der Waals surface area contributed by atoms with Crippen molar-refractivity contribution in [1.29, 1.82) is 0 Å². The molecule has 0 bridgehead atoms. The van der Waals surface area contributed by atoms with Gasteiger partial charge >= 0.3 is 5.97 Å². The Morgan fingerprint density at radius 3 is 2.71 bits per heavy atom. The molecule has 94 valence electrons. The number of hydrogen-bond acceptors (Lipinski definition) is 3. The van der Waals surface area contributed by atoms with Crippen LogP contribution in [0.25, 0.3) is 0 Å². The molecule has 0 amide bonds. The van der Waals surface area contributed by atoms with Gasteiger partial charge in [0.2, 0.25) is 11.7 Å². The molecule has 2 unspecified atom stereocenters. The zero-order chi connectivity index (χ0) is 12.6. The summed E-state index contributed by atoms with van der Waals surface area (Å²) < 4.78 is 30.8. The third-order valence-electron chi connectivity index (χ3n) is 3.02. The molecule has 2 rings (SSSR count). The first-order valence-corrected chi connectivity index (χ1v) is 5.28. The Labute approximate surface area is 95.9 Å². The fourth-order valence-electron chi connectivity index (χ4n) is 2.11. The molecule has 1 saturated carbocycles. The monoisotopic (exact) mass is 246 g/mol. The van der Waals surface area contributed by atoms with E-state index in [0.717, 1.165) is 0 Å². The number of aliphatic hydroxyl groups is 1. The number of furan rings is 1. The predicted octanol–water partition coefficient (Wildman–Crippen LogP) is 2.45. The van der Waals surface area contributed by atoms with Gasteiger partial charge in [0.05, 0.1) is 0 Å². The topological polar surface area (TPSA) is 70.7 Å². The lowest BCUT2D eigenvalue weighted by Crippen LogP contribution is -2.14. The SMILES string of the molecule is O=C(O)c1ccc(C(O)C2CCC(F)(F)C2)o1. The molecule has 1 aliphatic carbocycles. The maximum absolute atomic E-state index is 13.0. The highest BCUT2D eigenvalue weighted by atomic mass is 19.3. The van der Waals surface area contributed by atoms with Gasteiger partial charge in [-0.1, -0.05) is 0 Å². The van der Waals surface area contributed by atoms with Gasteiger partial charge in [-0.3, -0.25) is 0 Å². The van der Waals surface area contributed by atoms with Crippen LogP contribution in [0.1, 0.15) is 41.7 Å². The molecule has 1 aromatic rings. The standard InChI is InChI=1S/C11H12F2O4/c12-11(13)4-3-6(5-11)9(14)7-1-2-8(17-7)10(15)16/h1-2,6,9,14H,3-5H2,(H,15,16). The summed E-state index contributed by atoms with van der Waals surface area (Å²) in [4.78, 5) is 10.6. The largest absolute Gasteiger partial charge is 0.475 e.